The van der Waals surface area contributed by atoms with Crippen LogP contribution in [0.2, 0.25) is 0 Å². The number of nitrogens with one attached hydrogen (secondary N) is 1. The molecule has 0 atom stereocenters. The number of hydrogen-bond donors (Lipinski definition) is 2. The van der Waals surface area contributed by atoms with E-state index in [9.17, 15) is 14.3 Å². The van der Waals surface area contributed by atoms with E-state index >= 15 is 0 Å². The van der Waals surface area contributed by atoms with Crippen molar-refractivity contribution in [3.05, 3.63) is 58.3 Å². The van der Waals surface area contributed by atoms with E-state index in [1.165, 1.54) is 0 Å². The third-order valence-electron chi connectivity index (χ3n) is 5.73. The van der Waals surface area contributed by atoms with Crippen LogP contribution in [0.1, 0.15) is 18.4 Å². The van der Waals surface area contributed by atoms with E-state index in [4.69, 9.17) is 4.74 Å². The van der Waals surface area contributed by atoms with Crippen LogP contribution >= 0.6 is 0 Å². The van der Waals surface area contributed by atoms with Gasteiger partial charge in [0.2, 0.25) is 5.56 Å². The van der Waals surface area contributed by atoms with Crippen LogP contribution in [0.15, 0.2) is 41.3 Å². The monoisotopic (exact) mass is 387 g/mol. The van der Waals surface area contributed by atoms with Gasteiger partial charge in [-0.15, -0.1) is 0 Å². The number of rotatable bonds is 6. The first kappa shape index (κ1) is 19.0. The summed E-state index contributed by atoms with van der Waals surface area (Å²) in [5, 5.41) is 9.20. The van der Waals surface area contributed by atoms with Crippen molar-refractivity contribution >= 4 is 11.4 Å². The lowest BCUT2D eigenvalue weighted by atomic mass is 9.97. The second-order valence-corrected chi connectivity index (χ2v) is 7.61. The molecule has 28 heavy (non-hydrogen) atoms. The third kappa shape index (κ3) is 4.05. The van der Waals surface area contributed by atoms with Gasteiger partial charge in [0.1, 0.15) is 0 Å². The molecule has 0 unspecified atom stereocenters. The van der Waals surface area contributed by atoms with Gasteiger partial charge in [-0.2, -0.15) is 0 Å². The van der Waals surface area contributed by atoms with E-state index in [-0.39, 0.29) is 24.1 Å². The molecule has 0 radical (unpaired) electrons. The lowest BCUT2D eigenvalue weighted by Gasteiger charge is -2.42. The molecule has 6 nitrogen and oxygen atoms in total. The quantitative estimate of drug-likeness (QED) is 0.795. The zero-order chi connectivity index (χ0) is 19.5. The van der Waals surface area contributed by atoms with Crippen LogP contribution in [0, 0.1) is 11.7 Å². The Hall–Kier alpha value is -2.38. The lowest BCUT2D eigenvalue weighted by molar-refractivity contribution is 0.00807. The van der Waals surface area contributed by atoms with Crippen molar-refractivity contribution < 1.29 is 14.2 Å². The number of benzene rings is 1. The normalized spacial score (nSPS) is 18.4. The minimum Gasteiger partial charge on any atom is -0.392 e. The summed E-state index contributed by atoms with van der Waals surface area (Å²) in [5.41, 5.74) is 1.85. The van der Waals surface area contributed by atoms with Crippen molar-refractivity contribution in [2.75, 3.05) is 42.6 Å². The van der Waals surface area contributed by atoms with Crippen LogP contribution in [0.5, 0.6) is 0 Å². The highest BCUT2D eigenvalue weighted by atomic mass is 19.1. The molecule has 1 aromatic heterocycles. The molecule has 0 aliphatic carbocycles. The largest absolute Gasteiger partial charge is 0.392 e. The molecule has 1 aromatic carbocycles. The van der Waals surface area contributed by atoms with Crippen LogP contribution in [0.4, 0.5) is 15.8 Å². The summed E-state index contributed by atoms with van der Waals surface area (Å²) in [6, 6.07) is 8.55. The van der Waals surface area contributed by atoms with Crippen molar-refractivity contribution in [1.82, 2.24) is 4.98 Å². The van der Waals surface area contributed by atoms with Crippen LogP contribution in [0.25, 0.3) is 0 Å². The second-order valence-electron chi connectivity index (χ2n) is 7.61. The Morgan fingerprint density at radius 3 is 2.61 bits per heavy atom. The maximum Gasteiger partial charge on any atom is 0.248 e. The number of anilines is 2. The summed E-state index contributed by atoms with van der Waals surface area (Å²) in [6.07, 6.45) is 4.02. The standard InChI is InChI=1S/C21H26FN3O3/c22-21-16(13-26)2-1-3-19(21)25-11-18(12-25)28-14-15-6-8-24(9-7-15)17-4-5-20(27)23-10-17/h1-5,10,15,18,26H,6-9,11-14H2,(H,23,27). The van der Waals surface area contributed by atoms with Crippen molar-refractivity contribution in [2.45, 2.75) is 25.6 Å². The number of pyridine rings is 1. The predicted octanol–water partition coefficient (Wildman–Crippen LogP) is 2.13. The van der Waals surface area contributed by atoms with Gasteiger partial charge in [-0.05, 0) is 30.9 Å². The lowest BCUT2D eigenvalue weighted by Crippen LogP contribution is -2.53. The third-order valence-corrected chi connectivity index (χ3v) is 5.73. The molecule has 0 saturated carbocycles. The Labute approximate surface area is 163 Å². The van der Waals surface area contributed by atoms with Crippen LogP contribution in [0.3, 0.4) is 0 Å². The first-order valence-electron chi connectivity index (χ1n) is 9.82. The number of aromatic nitrogens is 1. The number of H-pyrrole nitrogens is 1. The minimum absolute atomic E-state index is 0.0791. The molecule has 7 heteroatoms. The van der Waals surface area contributed by atoms with Gasteiger partial charge in [-0.25, -0.2) is 4.39 Å². The SMILES string of the molecule is O=c1ccc(N2CCC(COC3CN(c4cccc(CO)c4F)C3)CC2)c[nH]1. The Morgan fingerprint density at radius 2 is 1.93 bits per heavy atom. The van der Waals surface area contributed by atoms with Gasteiger partial charge in [-0.1, -0.05) is 12.1 Å². The first-order valence-corrected chi connectivity index (χ1v) is 9.82. The molecular weight excluding hydrogens is 361 g/mol. The number of nitrogens with zero attached hydrogens (tertiary/aromatic N) is 2. The molecule has 2 aromatic rings. The van der Waals surface area contributed by atoms with Gasteiger partial charge in [0.25, 0.3) is 0 Å². The molecule has 2 aliphatic heterocycles. The van der Waals surface area contributed by atoms with E-state index in [1.54, 1.807) is 30.5 Å². The maximum atomic E-state index is 14.3. The van der Waals surface area contributed by atoms with E-state index < -0.39 is 0 Å². The van der Waals surface area contributed by atoms with Gasteiger partial charge in [0.15, 0.2) is 5.82 Å². The number of piperidine rings is 1. The van der Waals surface area contributed by atoms with E-state index in [0.29, 0.717) is 30.3 Å². The summed E-state index contributed by atoms with van der Waals surface area (Å²) in [6.45, 7) is 3.72. The molecule has 4 rings (SSSR count). The molecule has 0 amide bonds. The molecule has 2 saturated heterocycles. The molecule has 2 fully saturated rings. The highest BCUT2D eigenvalue weighted by Crippen LogP contribution is 2.29. The number of halogens is 1. The average molecular weight is 387 g/mol. The predicted molar refractivity (Wildman–Crippen MR) is 106 cm³/mol. The van der Waals surface area contributed by atoms with E-state index in [1.807, 2.05) is 11.0 Å². The molecule has 0 spiro atoms. The highest BCUT2D eigenvalue weighted by molar-refractivity contribution is 5.52. The van der Waals surface area contributed by atoms with Crippen molar-refractivity contribution in [3.63, 3.8) is 0 Å². The van der Waals surface area contributed by atoms with Crippen molar-refractivity contribution in [1.29, 1.82) is 0 Å². The number of ether oxygens (including phenoxy) is 1. The fraction of sp³-hybridized carbons (Fsp3) is 0.476. The second kappa shape index (κ2) is 8.32. The van der Waals surface area contributed by atoms with Gasteiger partial charge >= 0.3 is 0 Å². The van der Waals surface area contributed by atoms with Crippen molar-refractivity contribution in [3.8, 4) is 0 Å². The molecule has 150 valence electrons. The number of hydrogen-bond acceptors (Lipinski definition) is 5. The Morgan fingerprint density at radius 1 is 1.14 bits per heavy atom. The fourth-order valence-electron chi connectivity index (χ4n) is 3.90. The zero-order valence-electron chi connectivity index (χ0n) is 15.8. The number of aliphatic hydroxyl groups is 1. The molecule has 0 bridgehead atoms. The molecule has 3 heterocycles. The van der Waals surface area contributed by atoms with E-state index in [2.05, 4.69) is 9.88 Å². The summed E-state index contributed by atoms with van der Waals surface area (Å²) in [7, 11) is 0. The molecular formula is C21H26FN3O3. The van der Waals surface area contributed by atoms with Crippen LogP contribution in [-0.4, -0.2) is 49.0 Å². The smallest absolute Gasteiger partial charge is 0.248 e. The minimum atomic E-state index is -0.335. The Kier molecular flexibility index (Phi) is 5.64. The molecule has 2 N–H and O–H groups in total. The summed E-state index contributed by atoms with van der Waals surface area (Å²) < 4.78 is 20.3. The van der Waals surface area contributed by atoms with E-state index in [0.717, 1.165) is 38.2 Å². The summed E-state index contributed by atoms with van der Waals surface area (Å²) in [4.78, 5) is 18.1. The number of aromatic amines is 1. The van der Waals surface area contributed by atoms with Gasteiger partial charge in [0, 0.05) is 44.0 Å². The Bertz CT molecular complexity index is 838. The zero-order valence-corrected chi connectivity index (χ0v) is 15.8. The van der Waals surface area contributed by atoms with Gasteiger partial charge < -0.3 is 24.6 Å². The van der Waals surface area contributed by atoms with Gasteiger partial charge in [0.05, 0.1) is 30.7 Å². The van der Waals surface area contributed by atoms with Crippen LogP contribution in [-0.2, 0) is 11.3 Å². The van der Waals surface area contributed by atoms with Gasteiger partial charge in [-0.3, -0.25) is 4.79 Å². The Balaban J connectivity index is 1.20. The summed E-state index contributed by atoms with van der Waals surface area (Å²) >= 11 is 0. The highest BCUT2D eigenvalue weighted by Gasteiger charge is 2.31. The molecule has 2 aliphatic rings. The topological polar surface area (TPSA) is 68.8 Å². The average Bonchev–Trinajstić information content (AvgIpc) is 2.69. The summed E-state index contributed by atoms with van der Waals surface area (Å²) in [5.74, 6) is 0.195. The maximum absolute atomic E-state index is 14.3. The number of aliphatic hydroxyl groups excluding tert-OH is 1. The van der Waals surface area contributed by atoms with Crippen LogP contribution < -0.4 is 15.4 Å². The first-order chi connectivity index (χ1) is 13.6. The van der Waals surface area contributed by atoms with Crippen molar-refractivity contribution in [2.24, 2.45) is 5.92 Å². The fourth-order valence-corrected chi connectivity index (χ4v) is 3.90.